The monoisotopic (exact) mass is 278 g/mol. The van der Waals surface area contributed by atoms with Gasteiger partial charge in [-0.05, 0) is 65.0 Å². The van der Waals surface area contributed by atoms with Gasteiger partial charge < -0.3 is 10.2 Å². The Morgan fingerprint density at radius 1 is 1.20 bits per heavy atom. The number of hydrogen-bond donors (Lipinski definition) is 1. The maximum atomic E-state index is 14.6. The number of rotatable bonds is 4. The van der Waals surface area contributed by atoms with E-state index in [1.807, 2.05) is 20.9 Å². The van der Waals surface area contributed by atoms with Crippen LogP contribution in [0.2, 0.25) is 0 Å². The second kappa shape index (κ2) is 5.82. The lowest BCUT2D eigenvalue weighted by Gasteiger charge is -2.44. The molecule has 0 spiro atoms. The zero-order valence-corrected chi connectivity index (χ0v) is 13.4. The molecule has 0 heterocycles. The van der Waals surface area contributed by atoms with Crippen LogP contribution < -0.4 is 5.32 Å². The van der Waals surface area contributed by atoms with Gasteiger partial charge in [-0.25, -0.2) is 4.39 Å². The van der Waals surface area contributed by atoms with Gasteiger partial charge in [0.15, 0.2) is 0 Å². The SMILES string of the molecule is CNC(c1c(C)cc(C)cc1F)C1(N(C)C)CCCC1. The average molecular weight is 278 g/mol. The van der Waals surface area contributed by atoms with Crippen molar-refractivity contribution in [1.82, 2.24) is 10.2 Å². The molecule has 1 fully saturated rings. The predicted octanol–water partition coefficient (Wildman–Crippen LogP) is 3.58. The minimum atomic E-state index is -0.0741. The molecular formula is C17H27FN2. The van der Waals surface area contributed by atoms with E-state index in [0.717, 1.165) is 29.5 Å². The third-order valence-corrected chi connectivity index (χ3v) is 4.96. The van der Waals surface area contributed by atoms with E-state index in [-0.39, 0.29) is 17.4 Å². The van der Waals surface area contributed by atoms with Gasteiger partial charge in [0.2, 0.25) is 0 Å². The molecular weight excluding hydrogens is 251 g/mol. The van der Waals surface area contributed by atoms with Gasteiger partial charge in [-0.15, -0.1) is 0 Å². The van der Waals surface area contributed by atoms with Crippen LogP contribution in [-0.4, -0.2) is 31.6 Å². The van der Waals surface area contributed by atoms with Crippen molar-refractivity contribution in [2.24, 2.45) is 0 Å². The van der Waals surface area contributed by atoms with Gasteiger partial charge >= 0.3 is 0 Å². The zero-order chi connectivity index (χ0) is 14.9. The topological polar surface area (TPSA) is 15.3 Å². The highest BCUT2D eigenvalue weighted by atomic mass is 19.1. The molecule has 112 valence electrons. The fourth-order valence-corrected chi connectivity index (χ4v) is 3.96. The Morgan fingerprint density at radius 2 is 1.80 bits per heavy atom. The lowest BCUT2D eigenvalue weighted by Crippen LogP contribution is -2.51. The largest absolute Gasteiger partial charge is 0.311 e. The van der Waals surface area contributed by atoms with Crippen molar-refractivity contribution >= 4 is 0 Å². The number of likely N-dealkylation sites (N-methyl/N-ethyl adjacent to an activating group) is 2. The number of aryl methyl sites for hydroxylation is 2. The standard InChI is InChI=1S/C17H27FN2/c1-12-10-13(2)15(14(18)11-12)16(19-3)17(20(4)5)8-6-7-9-17/h10-11,16,19H,6-9H2,1-5H3. The van der Waals surface area contributed by atoms with Crippen LogP contribution >= 0.6 is 0 Å². The van der Waals surface area contributed by atoms with Crippen LogP contribution in [0.15, 0.2) is 12.1 Å². The summed E-state index contributed by atoms with van der Waals surface area (Å²) in [6.45, 7) is 3.97. The van der Waals surface area contributed by atoms with Crippen molar-refractivity contribution < 1.29 is 4.39 Å². The number of halogens is 1. The van der Waals surface area contributed by atoms with Crippen LogP contribution in [-0.2, 0) is 0 Å². The molecule has 0 radical (unpaired) electrons. The highest BCUT2D eigenvalue weighted by molar-refractivity contribution is 5.36. The summed E-state index contributed by atoms with van der Waals surface area (Å²) in [6.07, 6.45) is 4.70. The third-order valence-electron chi connectivity index (χ3n) is 4.96. The number of benzene rings is 1. The molecule has 1 unspecified atom stereocenters. The molecule has 20 heavy (non-hydrogen) atoms. The molecule has 1 saturated carbocycles. The molecule has 3 heteroatoms. The van der Waals surface area contributed by atoms with Gasteiger partial charge in [0.1, 0.15) is 5.82 Å². The first-order valence-electron chi connectivity index (χ1n) is 7.53. The summed E-state index contributed by atoms with van der Waals surface area (Å²) in [4.78, 5) is 2.29. The predicted molar refractivity (Wildman–Crippen MR) is 82.6 cm³/mol. The summed E-state index contributed by atoms with van der Waals surface area (Å²) >= 11 is 0. The molecule has 0 saturated heterocycles. The van der Waals surface area contributed by atoms with Crippen LogP contribution in [0, 0.1) is 19.7 Å². The van der Waals surface area contributed by atoms with E-state index < -0.39 is 0 Å². The fourth-order valence-electron chi connectivity index (χ4n) is 3.96. The maximum Gasteiger partial charge on any atom is 0.128 e. The smallest absolute Gasteiger partial charge is 0.128 e. The highest BCUT2D eigenvalue weighted by Crippen LogP contribution is 2.44. The minimum Gasteiger partial charge on any atom is -0.311 e. The average Bonchev–Trinajstić information content (AvgIpc) is 2.83. The number of nitrogens with zero attached hydrogens (tertiary/aromatic N) is 1. The van der Waals surface area contributed by atoms with Gasteiger partial charge in [0, 0.05) is 11.1 Å². The van der Waals surface area contributed by atoms with Crippen LogP contribution in [0.25, 0.3) is 0 Å². The van der Waals surface area contributed by atoms with Crippen LogP contribution in [0.3, 0.4) is 0 Å². The Labute approximate surface area is 122 Å². The molecule has 1 aliphatic carbocycles. The van der Waals surface area contributed by atoms with E-state index in [1.165, 1.54) is 12.8 Å². The van der Waals surface area contributed by atoms with Crippen molar-refractivity contribution in [3.8, 4) is 0 Å². The first-order valence-corrected chi connectivity index (χ1v) is 7.53. The second-order valence-corrected chi connectivity index (χ2v) is 6.40. The highest BCUT2D eigenvalue weighted by Gasteiger charge is 2.44. The number of nitrogens with one attached hydrogen (secondary N) is 1. The molecule has 0 aliphatic heterocycles. The molecule has 1 aromatic rings. The lowest BCUT2D eigenvalue weighted by molar-refractivity contribution is 0.106. The maximum absolute atomic E-state index is 14.6. The molecule has 1 aliphatic rings. The Hall–Kier alpha value is -0.930. The third kappa shape index (κ3) is 2.49. The van der Waals surface area contributed by atoms with E-state index in [4.69, 9.17) is 0 Å². The number of hydrogen-bond acceptors (Lipinski definition) is 2. The van der Waals surface area contributed by atoms with E-state index in [0.29, 0.717) is 0 Å². The van der Waals surface area contributed by atoms with Gasteiger partial charge in [-0.3, -0.25) is 0 Å². The summed E-state index contributed by atoms with van der Waals surface area (Å²) in [7, 11) is 6.20. The van der Waals surface area contributed by atoms with Gasteiger partial charge in [0.25, 0.3) is 0 Å². The Morgan fingerprint density at radius 3 is 2.25 bits per heavy atom. The van der Waals surface area contributed by atoms with Crippen LogP contribution in [0.5, 0.6) is 0 Å². The minimum absolute atomic E-state index is 0.0234. The lowest BCUT2D eigenvalue weighted by atomic mass is 9.80. The van der Waals surface area contributed by atoms with E-state index in [1.54, 1.807) is 6.07 Å². The van der Waals surface area contributed by atoms with Crippen molar-refractivity contribution in [2.75, 3.05) is 21.1 Å². The normalized spacial score (nSPS) is 19.6. The molecule has 1 atom stereocenters. The Balaban J connectivity index is 2.52. The molecule has 0 amide bonds. The van der Waals surface area contributed by atoms with Gasteiger partial charge in [-0.1, -0.05) is 18.9 Å². The summed E-state index contributed by atoms with van der Waals surface area (Å²) in [6, 6.07) is 3.78. The summed E-state index contributed by atoms with van der Waals surface area (Å²) in [5.41, 5.74) is 2.91. The zero-order valence-electron chi connectivity index (χ0n) is 13.4. The first kappa shape index (κ1) is 15.5. The first-order chi connectivity index (χ1) is 9.42. The molecule has 2 nitrogen and oxygen atoms in total. The van der Waals surface area contributed by atoms with Crippen molar-refractivity contribution in [1.29, 1.82) is 0 Å². The Kier molecular flexibility index (Phi) is 4.50. The van der Waals surface area contributed by atoms with E-state index in [9.17, 15) is 4.39 Å². The van der Waals surface area contributed by atoms with Crippen molar-refractivity contribution in [3.05, 3.63) is 34.6 Å². The molecule has 0 aromatic heterocycles. The summed E-state index contributed by atoms with van der Waals surface area (Å²) < 4.78 is 14.6. The molecule has 1 N–H and O–H groups in total. The van der Waals surface area contributed by atoms with Crippen molar-refractivity contribution in [3.63, 3.8) is 0 Å². The van der Waals surface area contributed by atoms with E-state index >= 15 is 0 Å². The van der Waals surface area contributed by atoms with Crippen LogP contribution in [0.4, 0.5) is 4.39 Å². The van der Waals surface area contributed by atoms with E-state index in [2.05, 4.69) is 30.4 Å². The molecule has 1 aromatic carbocycles. The van der Waals surface area contributed by atoms with Gasteiger partial charge in [-0.2, -0.15) is 0 Å². The Bertz CT molecular complexity index is 453. The summed E-state index contributed by atoms with van der Waals surface area (Å²) in [5.74, 6) is -0.0741. The quantitative estimate of drug-likeness (QED) is 0.905. The van der Waals surface area contributed by atoms with Crippen LogP contribution in [0.1, 0.15) is 48.4 Å². The fraction of sp³-hybridized carbons (Fsp3) is 0.647. The van der Waals surface area contributed by atoms with Gasteiger partial charge in [0.05, 0.1) is 6.04 Å². The summed E-state index contributed by atoms with van der Waals surface area (Å²) in [5, 5.41) is 3.40. The second-order valence-electron chi connectivity index (χ2n) is 6.40. The molecule has 2 rings (SSSR count). The molecule has 0 bridgehead atoms. The van der Waals surface area contributed by atoms with Crippen molar-refractivity contribution in [2.45, 2.75) is 51.1 Å².